The summed E-state index contributed by atoms with van der Waals surface area (Å²) in [5.41, 5.74) is 0. The third-order valence-corrected chi connectivity index (χ3v) is 3.81. The average Bonchev–Trinajstić information content (AvgIpc) is 2.94. The highest BCUT2D eigenvalue weighted by atomic mass is 16.2. The van der Waals surface area contributed by atoms with Crippen molar-refractivity contribution in [2.24, 2.45) is 0 Å². The number of carbonyl (C=O) groups excluding carboxylic acids is 3. The maximum Gasteiger partial charge on any atom is 0.243 e. The quantitative estimate of drug-likeness (QED) is 0.669. The Bertz CT molecular complexity index is 353. The van der Waals surface area contributed by atoms with Gasteiger partial charge in [0.2, 0.25) is 11.8 Å². The fraction of sp³-hybridized carbons (Fsp3) is 0.769. The number of carbonyl (C=O) groups is 3. The van der Waals surface area contributed by atoms with Gasteiger partial charge in [0.05, 0.1) is 12.6 Å². The van der Waals surface area contributed by atoms with Crippen molar-refractivity contribution in [3.8, 4) is 0 Å². The molecule has 2 rings (SSSR count). The van der Waals surface area contributed by atoms with E-state index in [4.69, 9.17) is 0 Å². The molecule has 2 N–H and O–H groups in total. The van der Waals surface area contributed by atoms with Crippen molar-refractivity contribution in [3.63, 3.8) is 0 Å². The molecule has 2 saturated heterocycles. The Morgan fingerprint density at radius 3 is 2.79 bits per heavy atom. The molecule has 2 fully saturated rings. The average molecular weight is 267 g/mol. The van der Waals surface area contributed by atoms with Crippen molar-refractivity contribution in [3.05, 3.63) is 0 Å². The highest BCUT2D eigenvalue weighted by Crippen LogP contribution is 2.20. The molecule has 2 atom stereocenters. The summed E-state index contributed by atoms with van der Waals surface area (Å²) in [7, 11) is 0. The summed E-state index contributed by atoms with van der Waals surface area (Å²) in [6.45, 7) is 1.52. The minimum Gasteiger partial charge on any atom is -0.348 e. The number of hydrogen-bond donors (Lipinski definition) is 2. The summed E-state index contributed by atoms with van der Waals surface area (Å²) in [5.74, 6) is -0.183. The van der Waals surface area contributed by atoms with Crippen LogP contribution in [0.15, 0.2) is 0 Å². The fourth-order valence-electron chi connectivity index (χ4n) is 2.83. The molecule has 2 heterocycles. The molecule has 0 radical (unpaired) electrons. The van der Waals surface area contributed by atoms with Crippen LogP contribution in [0.5, 0.6) is 0 Å². The summed E-state index contributed by atoms with van der Waals surface area (Å²) in [6, 6.07) is -0.551. The molecular weight excluding hydrogens is 246 g/mol. The summed E-state index contributed by atoms with van der Waals surface area (Å²) >= 11 is 0. The lowest BCUT2D eigenvalue weighted by Gasteiger charge is -2.30. The molecule has 0 unspecified atom stereocenters. The number of nitrogens with zero attached hydrogens (tertiary/aromatic N) is 1. The molecule has 0 aromatic carbocycles. The summed E-state index contributed by atoms with van der Waals surface area (Å²) in [5, 5.41) is 5.76. The SMILES string of the molecule is O=CCNC(=O)[C@@H]1CCCN1C(=O)[C@H]1CCCCN1. The normalized spacial score (nSPS) is 27.1. The molecule has 0 bridgehead atoms. The number of nitrogens with one attached hydrogen (secondary N) is 2. The maximum absolute atomic E-state index is 12.4. The van der Waals surface area contributed by atoms with E-state index in [0.717, 1.165) is 32.2 Å². The van der Waals surface area contributed by atoms with Gasteiger partial charge in [-0.25, -0.2) is 0 Å². The van der Waals surface area contributed by atoms with E-state index in [1.165, 1.54) is 0 Å². The van der Waals surface area contributed by atoms with E-state index in [2.05, 4.69) is 10.6 Å². The van der Waals surface area contributed by atoms with E-state index in [0.29, 0.717) is 19.3 Å². The lowest BCUT2D eigenvalue weighted by atomic mass is 10.0. The molecule has 0 aliphatic carbocycles. The van der Waals surface area contributed by atoms with Gasteiger partial charge in [-0.2, -0.15) is 0 Å². The van der Waals surface area contributed by atoms with Crippen molar-refractivity contribution in [1.82, 2.24) is 15.5 Å². The number of hydrogen-bond acceptors (Lipinski definition) is 4. The monoisotopic (exact) mass is 267 g/mol. The third kappa shape index (κ3) is 3.32. The van der Waals surface area contributed by atoms with Crippen LogP contribution in [0.1, 0.15) is 32.1 Å². The summed E-state index contributed by atoms with van der Waals surface area (Å²) < 4.78 is 0. The Hall–Kier alpha value is -1.43. The molecule has 0 aromatic rings. The highest BCUT2D eigenvalue weighted by Gasteiger charge is 2.37. The van der Waals surface area contributed by atoms with Crippen LogP contribution < -0.4 is 10.6 Å². The van der Waals surface area contributed by atoms with Crippen molar-refractivity contribution in [2.75, 3.05) is 19.6 Å². The molecule has 0 spiro atoms. The van der Waals surface area contributed by atoms with E-state index >= 15 is 0 Å². The van der Waals surface area contributed by atoms with Crippen LogP contribution in [0.4, 0.5) is 0 Å². The van der Waals surface area contributed by atoms with Gasteiger partial charge in [0.15, 0.2) is 0 Å². The largest absolute Gasteiger partial charge is 0.348 e. The maximum atomic E-state index is 12.4. The zero-order chi connectivity index (χ0) is 13.7. The number of likely N-dealkylation sites (tertiary alicyclic amines) is 1. The Morgan fingerprint density at radius 2 is 2.11 bits per heavy atom. The van der Waals surface area contributed by atoms with Gasteiger partial charge in [-0.3, -0.25) is 9.59 Å². The van der Waals surface area contributed by atoms with Crippen molar-refractivity contribution in [2.45, 2.75) is 44.2 Å². The molecule has 19 heavy (non-hydrogen) atoms. The van der Waals surface area contributed by atoms with Crippen LogP contribution in [-0.4, -0.2) is 54.7 Å². The zero-order valence-electron chi connectivity index (χ0n) is 11.1. The van der Waals surface area contributed by atoms with Crippen LogP contribution in [0.2, 0.25) is 0 Å². The molecule has 106 valence electrons. The van der Waals surface area contributed by atoms with Gasteiger partial charge >= 0.3 is 0 Å². The molecule has 6 nitrogen and oxygen atoms in total. The van der Waals surface area contributed by atoms with Gasteiger partial charge in [0.25, 0.3) is 0 Å². The van der Waals surface area contributed by atoms with E-state index in [9.17, 15) is 14.4 Å². The van der Waals surface area contributed by atoms with Gasteiger partial charge in [-0.1, -0.05) is 6.42 Å². The van der Waals surface area contributed by atoms with Crippen molar-refractivity contribution < 1.29 is 14.4 Å². The summed E-state index contributed by atoms with van der Waals surface area (Å²) in [4.78, 5) is 36.3. The third-order valence-electron chi connectivity index (χ3n) is 3.81. The first-order valence-electron chi connectivity index (χ1n) is 6.99. The Morgan fingerprint density at radius 1 is 1.26 bits per heavy atom. The number of amides is 2. The van der Waals surface area contributed by atoms with Gasteiger partial charge < -0.3 is 20.3 Å². The van der Waals surface area contributed by atoms with Gasteiger partial charge in [-0.05, 0) is 32.2 Å². The van der Waals surface area contributed by atoms with Gasteiger partial charge in [0, 0.05) is 6.54 Å². The Balaban J connectivity index is 1.95. The van der Waals surface area contributed by atoms with E-state index in [1.54, 1.807) is 4.90 Å². The van der Waals surface area contributed by atoms with Crippen molar-refractivity contribution in [1.29, 1.82) is 0 Å². The van der Waals surface area contributed by atoms with Crippen LogP contribution in [0, 0.1) is 0 Å². The topological polar surface area (TPSA) is 78.5 Å². The molecule has 0 saturated carbocycles. The minimum absolute atomic E-state index is 0.0129. The van der Waals surface area contributed by atoms with Gasteiger partial charge in [0.1, 0.15) is 12.3 Å². The fourth-order valence-corrected chi connectivity index (χ4v) is 2.83. The predicted molar refractivity (Wildman–Crippen MR) is 69.5 cm³/mol. The van der Waals surface area contributed by atoms with E-state index < -0.39 is 6.04 Å². The first-order chi connectivity index (χ1) is 9.24. The molecular formula is C13H21N3O3. The molecule has 2 aliphatic heterocycles. The number of rotatable bonds is 4. The standard InChI is InChI=1S/C13H21N3O3/c17-9-7-15-12(18)11-5-3-8-16(11)13(19)10-4-1-2-6-14-10/h9-11,14H,1-8H2,(H,15,18)/t10-,11+/m1/s1. The first-order valence-corrected chi connectivity index (χ1v) is 6.99. The molecule has 0 aromatic heterocycles. The molecule has 6 heteroatoms. The molecule has 2 aliphatic rings. The predicted octanol–water partition coefficient (Wildman–Crippen LogP) is -0.565. The van der Waals surface area contributed by atoms with E-state index in [1.807, 2.05) is 0 Å². The second kappa shape index (κ2) is 6.65. The first kappa shape index (κ1) is 14.0. The summed E-state index contributed by atoms with van der Waals surface area (Å²) in [6.07, 6.45) is 5.19. The van der Waals surface area contributed by atoms with Crippen LogP contribution in [0.25, 0.3) is 0 Å². The zero-order valence-corrected chi connectivity index (χ0v) is 11.1. The van der Waals surface area contributed by atoms with Gasteiger partial charge in [-0.15, -0.1) is 0 Å². The lowest BCUT2D eigenvalue weighted by molar-refractivity contribution is -0.140. The number of aldehydes is 1. The van der Waals surface area contributed by atoms with Crippen molar-refractivity contribution >= 4 is 18.1 Å². The second-order valence-electron chi connectivity index (χ2n) is 5.10. The van der Waals surface area contributed by atoms with Crippen LogP contribution >= 0.6 is 0 Å². The lowest BCUT2D eigenvalue weighted by Crippen LogP contribution is -2.53. The van der Waals surface area contributed by atoms with Crippen LogP contribution in [-0.2, 0) is 14.4 Å². The minimum atomic E-state index is -0.406. The van der Waals surface area contributed by atoms with Crippen LogP contribution in [0.3, 0.4) is 0 Å². The molecule has 2 amide bonds. The second-order valence-corrected chi connectivity index (χ2v) is 5.10. The number of piperidine rings is 1. The smallest absolute Gasteiger partial charge is 0.243 e. The highest BCUT2D eigenvalue weighted by molar-refractivity contribution is 5.91. The van der Waals surface area contributed by atoms with E-state index in [-0.39, 0.29) is 24.4 Å². The Kier molecular flexibility index (Phi) is 4.90. The Labute approximate surface area is 112 Å².